The van der Waals surface area contributed by atoms with E-state index in [1.165, 1.54) is 0 Å². The molecule has 21 atom stereocenters. The van der Waals surface area contributed by atoms with Gasteiger partial charge in [-0.15, -0.1) is 0 Å². The summed E-state index contributed by atoms with van der Waals surface area (Å²) >= 11 is 0. The van der Waals surface area contributed by atoms with Gasteiger partial charge in [0.1, 0.15) is 6.10 Å². The van der Waals surface area contributed by atoms with Gasteiger partial charge in [0.05, 0.1) is 48.3 Å². The maximum Gasteiger partial charge on any atom is 0.163 e. The van der Waals surface area contributed by atoms with Gasteiger partial charge in [-0.05, 0) is 64.2 Å². The molecule has 1 N–H and O–H groups in total. The molecule has 11 unspecified atom stereocenters. The molecule has 1 saturated carbocycles. The Morgan fingerprint density at radius 2 is 1.04 bits per heavy atom. The summed E-state index contributed by atoms with van der Waals surface area (Å²) in [6, 6.07) is 0. The minimum Gasteiger partial charge on any atom is -0.390 e. The zero-order chi connectivity index (χ0) is 32.4. The van der Waals surface area contributed by atoms with Crippen molar-refractivity contribution in [2.24, 2.45) is 53.3 Å². The number of aliphatic hydroxyl groups excluding tert-OH is 1. The number of rotatable bonds is 8. The van der Waals surface area contributed by atoms with Gasteiger partial charge in [-0.1, -0.05) is 62.3 Å². The summed E-state index contributed by atoms with van der Waals surface area (Å²) in [6.07, 6.45) is -0.700. The second kappa shape index (κ2) is 15.2. The van der Waals surface area contributed by atoms with Crippen molar-refractivity contribution in [3.8, 4) is 0 Å². The molecule has 0 amide bonds. The summed E-state index contributed by atoms with van der Waals surface area (Å²) in [5.41, 5.74) is -0.426. The van der Waals surface area contributed by atoms with Crippen molar-refractivity contribution in [1.82, 2.24) is 0 Å². The first-order chi connectivity index (χ1) is 20.7. The van der Waals surface area contributed by atoms with Gasteiger partial charge in [-0.25, -0.2) is 0 Å². The minimum atomic E-state index is -0.728. The molecule has 45 heavy (non-hydrogen) atoms. The number of hydrogen-bond donors (Lipinski definition) is 1. The van der Waals surface area contributed by atoms with Gasteiger partial charge in [-0.3, -0.25) is 0 Å². The fourth-order valence-electron chi connectivity index (χ4n) is 9.16. The fraction of sp³-hybridized carbons (Fsp3) is 1.00. The molecule has 4 heterocycles. The predicted octanol–water partition coefficient (Wildman–Crippen LogP) is 6.41. The van der Waals surface area contributed by atoms with Gasteiger partial charge in [-0.2, -0.15) is 0 Å². The summed E-state index contributed by atoms with van der Waals surface area (Å²) in [6.45, 7) is 28.4. The average Bonchev–Trinajstić information content (AvgIpc) is 3.62. The number of aliphatic hydroxyl groups is 1. The van der Waals surface area contributed by atoms with Crippen molar-refractivity contribution in [2.45, 2.75) is 176 Å². The molecule has 5 fully saturated rings. The molecule has 9 heteroatoms. The van der Waals surface area contributed by atoms with Crippen LogP contribution >= 0.6 is 0 Å². The molecule has 8 nitrogen and oxygen atoms in total. The Morgan fingerprint density at radius 1 is 0.533 bits per heavy atom. The second-order valence-corrected chi connectivity index (χ2v) is 15.7. The van der Waals surface area contributed by atoms with Crippen LogP contribution in [0.5, 0.6) is 0 Å². The van der Waals surface area contributed by atoms with E-state index < -0.39 is 24.1 Å². The van der Waals surface area contributed by atoms with E-state index in [9.17, 15) is 5.11 Å². The van der Waals surface area contributed by atoms with Gasteiger partial charge >= 0.3 is 0 Å². The molecule has 0 aromatic carbocycles. The van der Waals surface area contributed by atoms with Crippen LogP contribution in [-0.4, -0.2) is 78.4 Å². The average molecular weight is 852 g/mol. The summed E-state index contributed by atoms with van der Waals surface area (Å²) < 4.78 is 46.2. The fourth-order valence-corrected chi connectivity index (χ4v) is 9.16. The molecule has 1 aliphatic carbocycles. The van der Waals surface area contributed by atoms with E-state index in [1.807, 2.05) is 6.92 Å². The number of ether oxygens (including phenoxy) is 7. The van der Waals surface area contributed by atoms with Gasteiger partial charge in [0.2, 0.25) is 0 Å². The molecular weight excluding hydrogens is 787 g/mol. The molecule has 0 aromatic heterocycles. The molecule has 5 aliphatic rings. The summed E-state index contributed by atoms with van der Waals surface area (Å²) in [5, 5.41) is 11.6. The first kappa shape index (κ1) is 38.9. The van der Waals surface area contributed by atoms with Crippen molar-refractivity contribution in [3.63, 3.8) is 0 Å². The molecule has 4 aliphatic heterocycles. The van der Waals surface area contributed by atoms with E-state index in [0.29, 0.717) is 30.1 Å². The van der Waals surface area contributed by atoms with E-state index in [4.69, 9.17) is 33.2 Å². The van der Waals surface area contributed by atoms with Crippen molar-refractivity contribution < 1.29 is 82.3 Å². The summed E-state index contributed by atoms with van der Waals surface area (Å²) in [5.74, 6) is 2.34. The molecule has 5 rings (SSSR count). The smallest absolute Gasteiger partial charge is 0.163 e. The Bertz CT molecular complexity index is 967. The third-order valence-electron chi connectivity index (χ3n) is 13.2. The number of hydrogen-bond acceptors (Lipinski definition) is 8. The Morgan fingerprint density at radius 3 is 1.67 bits per heavy atom. The third-order valence-corrected chi connectivity index (χ3v) is 13.2. The first-order valence-corrected chi connectivity index (χ1v) is 17.9. The Labute approximate surface area is 309 Å². The molecule has 1 radical (unpaired) electrons. The first-order valence-electron chi connectivity index (χ1n) is 17.9. The molecular formula is C36H64AcO8. The van der Waals surface area contributed by atoms with Crippen LogP contribution in [0.2, 0.25) is 0 Å². The predicted molar refractivity (Wildman–Crippen MR) is 169 cm³/mol. The van der Waals surface area contributed by atoms with Gasteiger partial charge in [0.25, 0.3) is 0 Å². The molecule has 0 bridgehead atoms. The monoisotopic (exact) mass is 851 g/mol. The maximum atomic E-state index is 11.6. The topological polar surface area (TPSA) is 84.8 Å². The van der Waals surface area contributed by atoms with E-state index in [-0.39, 0.29) is 123 Å². The quantitative estimate of drug-likeness (QED) is 0.300. The Kier molecular flexibility index (Phi) is 13.1. The van der Waals surface area contributed by atoms with Crippen LogP contribution in [0.25, 0.3) is 0 Å². The molecule has 4 saturated heterocycles. The van der Waals surface area contributed by atoms with Gasteiger partial charge in [0, 0.05) is 73.7 Å². The maximum absolute atomic E-state index is 11.6. The van der Waals surface area contributed by atoms with Crippen molar-refractivity contribution in [3.05, 3.63) is 0 Å². The van der Waals surface area contributed by atoms with Crippen LogP contribution in [0, 0.1) is 97.3 Å². The van der Waals surface area contributed by atoms with E-state index in [2.05, 4.69) is 83.1 Å². The number of fused-ring (bicyclic) bond motifs is 1. The van der Waals surface area contributed by atoms with Crippen LogP contribution in [0.15, 0.2) is 0 Å². The van der Waals surface area contributed by atoms with Gasteiger partial charge < -0.3 is 38.3 Å². The summed E-state index contributed by atoms with van der Waals surface area (Å²) in [7, 11) is 0. The van der Waals surface area contributed by atoms with Gasteiger partial charge in [0.15, 0.2) is 18.9 Å². The molecule has 259 valence electrons. The van der Waals surface area contributed by atoms with Crippen LogP contribution in [-0.2, 0) is 33.2 Å². The van der Waals surface area contributed by atoms with Crippen LogP contribution in [0.1, 0.15) is 103 Å². The zero-order valence-corrected chi connectivity index (χ0v) is 35.1. The SMILES string of the molecule is CCC1O[C@H](C)C(C)C(C)[C@@H]1O[C@H]1OC(C)[C@@H]2[C@@H](C1C)C2(C)O[C@@H]1OC(CC)[C@H](O[C@H]2OC(C)[C@@H](C)C(C)C2C)[C@H](O)C1C.[Ac]. The Hall–Kier alpha value is 1.12. The van der Waals surface area contributed by atoms with Crippen LogP contribution < -0.4 is 0 Å². The second-order valence-electron chi connectivity index (χ2n) is 15.7. The zero-order valence-electron chi connectivity index (χ0n) is 30.3. The van der Waals surface area contributed by atoms with Crippen molar-refractivity contribution in [2.75, 3.05) is 0 Å². The Balaban J connectivity index is 0.00000461. The standard InChI is InChI=1S/C36H64O8.Ac/c1-14-26-31(19(6)18(5)23(10)38-26)42-34-21(8)28-29(25(12)40-34)36(28,13)44-35-22(9)30(37)32(27(15-2)41-35)43-33-20(7)16(3)17(4)24(11)39-33;/h16-35,37H,14-15H2,1-13H3;/t16?,17-,18?,19?,20?,21?,22?,23+,24?,25?,26?,27?,28+,29+,30+,31-,32-,33+,34+,35-,36?;/m0./s1. The normalized spacial score (nSPS) is 56.7. The van der Waals surface area contributed by atoms with E-state index in [1.54, 1.807) is 0 Å². The van der Waals surface area contributed by atoms with Crippen molar-refractivity contribution in [1.29, 1.82) is 0 Å². The molecule has 0 spiro atoms. The summed E-state index contributed by atoms with van der Waals surface area (Å²) in [4.78, 5) is 0. The molecule has 0 aromatic rings. The van der Waals surface area contributed by atoms with Crippen LogP contribution in [0.3, 0.4) is 0 Å². The minimum absolute atomic E-state index is 0. The van der Waals surface area contributed by atoms with Crippen molar-refractivity contribution >= 4 is 0 Å². The third kappa shape index (κ3) is 7.18. The van der Waals surface area contributed by atoms with Crippen LogP contribution in [0.4, 0.5) is 0 Å². The van der Waals surface area contributed by atoms with E-state index >= 15 is 0 Å². The van der Waals surface area contributed by atoms with E-state index in [0.717, 1.165) is 6.42 Å². The largest absolute Gasteiger partial charge is 0.390 e.